The van der Waals surface area contributed by atoms with Gasteiger partial charge in [0.15, 0.2) is 0 Å². The molecule has 2 aromatic rings. The van der Waals surface area contributed by atoms with Crippen LogP contribution >= 0.6 is 0 Å². The summed E-state index contributed by atoms with van der Waals surface area (Å²) in [6.07, 6.45) is 1.35. The third-order valence-electron chi connectivity index (χ3n) is 2.44. The molecule has 1 aromatic heterocycles. The highest BCUT2D eigenvalue weighted by Gasteiger charge is 2.08. The summed E-state index contributed by atoms with van der Waals surface area (Å²) in [6.45, 7) is 1.88. The van der Waals surface area contributed by atoms with Crippen LogP contribution in [-0.4, -0.2) is 33.4 Å². The third-order valence-corrected chi connectivity index (χ3v) is 2.44. The molecular formula is C12H15N3O2. The first-order chi connectivity index (χ1) is 8.06. The van der Waals surface area contributed by atoms with Crippen molar-refractivity contribution in [2.75, 3.05) is 6.54 Å². The van der Waals surface area contributed by atoms with E-state index < -0.39 is 6.10 Å². The summed E-state index contributed by atoms with van der Waals surface area (Å²) >= 11 is 0. The number of hydrogen-bond acceptors (Lipinski definition) is 3. The summed E-state index contributed by atoms with van der Waals surface area (Å²) in [6, 6.07) is 5.35. The summed E-state index contributed by atoms with van der Waals surface area (Å²) < 4.78 is 1.71. The van der Waals surface area contributed by atoms with Crippen LogP contribution in [0.4, 0.5) is 0 Å². The number of aryl methyl sites for hydroxylation is 1. The van der Waals surface area contributed by atoms with Gasteiger partial charge in [0, 0.05) is 30.7 Å². The molecule has 0 aliphatic heterocycles. The molecule has 2 rings (SSSR count). The summed E-state index contributed by atoms with van der Waals surface area (Å²) in [4.78, 5) is 11.7. The van der Waals surface area contributed by atoms with Gasteiger partial charge in [-0.05, 0) is 19.1 Å². The van der Waals surface area contributed by atoms with Crippen LogP contribution in [0.3, 0.4) is 0 Å². The molecule has 1 amide bonds. The molecule has 1 unspecified atom stereocenters. The monoisotopic (exact) mass is 233 g/mol. The first-order valence-corrected chi connectivity index (χ1v) is 5.46. The maximum atomic E-state index is 11.7. The maximum Gasteiger partial charge on any atom is 0.251 e. The normalized spacial score (nSPS) is 12.6. The van der Waals surface area contributed by atoms with Crippen molar-refractivity contribution in [2.24, 2.45) is 7.05 Å². The smallest absolute Gasteiger partial charge is 0.251 e. The Kier molecular flexibility index (Phi) is 3.10. The Balaban J connectivity index is 2.20. The van der Waals surface area contributed by atoms with E-state index in [1.165, 1.54) is 0 Å². The minimum Gasteiger partial charge on any atom is -0.392 e. The van der Waals surface area contributed by atoms with Crippen LogP contribution in [0.25, 0.3) is 10.9 Å². The summed E-state index contributed by atoms with van der Waals surface area (Å²) in [5.74, 6) is -0.196. The van der Waals surface area contributed by atoms with Crippen molar-refractivity contribution < 1.29 is 9.90 Å². The lowest BCUT2D eigenvalue weighted by Gasteiger charge is -2.06. The van der Waals surface area contributed by atoms with Crippen LogP contribution in [0.15, 0.2) is 24.4 Å². The highest BCUT2D eigenvalue weighted by atomic mass is 16.3. The van der Waals surface area contributed by atoms with Gasteiger partial charge in [0.2, 0.25) is 0 Å². The highest BCUT2D eigenvalue weighted by Crippen LogP contribution is 2.13. The second-order valence-electron chi connectivity index (χ2n) is 4.14. The largest absolute Gasteiger partial charge is 0.392 e. The molecule has 0 radical (unpaired) electrons. The molecule has 17 heavy (non-hydrogen) atoms. The molecule has 0 aliphatic carbocycles. The van der Waals surface area contributed by atoms with Gasteiger partial charge >= 0.3 is 0 Å². The number of benzene rings is 1. The second kappa shape index (κ2) is 4.55. The van der Waals surface area contributed by atoms with Gasteiger partial charge in [0.1, 0.15) is 0 Å². The zero-order chi connectivity index (χ0) is 12.4. The van der Waals surface area contributed by atoms with Crippen molar-refractivity contribution in [3.8, 4) is 0 Å². The fraction of sp³-hybridized carbons (Fsp3) is 0.333. The van der Waals surface area contributed by atoms with Gasteiger partial charge in [-0.2, -0.15) is 5.10 Å². The zero-order valence-corrected chi connectivity index (χ0v) is 9.84. The second-order valence-corrected chi connectivity index (χ2v) is 4.14. The number of amides is 1. The number of hydrogen-bond donors (Lipinski definition) is 2. The molecule has 90 valence electrons. The summed E-state index contributed by atoms with van der Waals surface area (Å²) in [7, 11) is 1.84. The molecule has 0 saturated heterocycles. The van der Waals surface area contributed by atoms with Gasteiger partial charge in [0.25, 0.3) is 5.91 Å². The number of rotatable bonds is 3. The van der Waals surface area contributed by atoms with E-state index in [9.17, 15) is 4.79 Å². The Hall–Kier alpha value is -1.88. The van der Waals surface area contributed by atoms with Crippen LogP contribution in [0.1, 0.15) is 17.3 Å². The molecule has 0 spiro atoms. The lowest BCUT2D eigenvalue weighted by molar-refractivity contribution is 0.0924. The number of fused-ring (bicyclic) bond motifs is 1. The number of nitrogens with zero attached hydrogens (tertiary/aromatic N) is 2. The first kappa shape index (κ1) is 11.6. The number of aromatic nitrogens is 2. The Bertz CT molecular complexity index is 546. The fourth-order valence-electron chi connectivity index (χ4n) is 1.62. The molecular weight excluding hydrogens is 218 g/mol. The predicted octanol–water partition coefficient (Wildman–Crippen LogP) is 0.684. The number of aliphatic hydroxyl groups is 1. The van der Waals surface area contributed by atoms with E-state index in [4.69, 9.17) is 5.11 Å². The average Bonchev–Trinajstić information content (AvgIpc) is 2.64. The van der Waals surface area contributed by atoms with Crippen molar-refractivity contribution in [3.63, 3.8) is 0 Å². The molecule has 5 heteroatoms. The molecule has 1 atom stereocenters. The van der Waals surface area contributed by atoms with Gasteiger partial charge in [-0.25, -0.2) is 0 Å². The van der Waals surface area contributed by atoms with Gasteiger partial charge in [0.05, 0.1) is 11.6 Å². The average molecular weight is 233 g/mol. The minimum absolute atomic E-state index is 0.196. The Morgan fingerprint density at radius 3 is 3.06 bits per heavy atom. The van der Waals surface area contributed by atoms with Crippen molar-refractivity contribution >= 4 is 16.8 Å². The van der Waals surface area contributed by atoms with E-state index in [1.54, 1.807) is 23.7 Å². The fourth-order valence-corrected chi connectivity index (χ4v) is 1.62. The quantitative estimate of drug-likeness (QED) is 0.819. The predicted molar refractivity (Wildman–Crippen MR) is 64.7 cm³/mol. The number of carbonyl (C=O) groups is 1. The SMILES string of the molecule is CC(O)CNC(=O)c1ccc2cn(C)nc2c1. The van der Waals surface area contributed by atoms with Gasteiger partial charge in [-0.3, -0.25) is 9.48 Å². The van der Waals surface area contributed by atoms with E-state index >= 15 is 0 Å². The lowest BCUT2D eigenvalue weighted by Crippen LogP contribution is -2.30. The molecule has 0 fully saturated rings. The molecule has 1 aromatic carbocycles. The van der Waals surface area contributed by atoms with Crippen molar-refractivity contribution in [1.82, 2.24) is 15.1 Å². The van der Waals surface area contributed by atoms with E-state index in [1.807, 2.05) is 19.3 Å². The zero-order valence-electron chi connectivity index (χ0n) is 9.84. The van der Waals surface area contributed by atoms with E-state index in [0.717, 1.165) is 10.9 Å². The summed E-state index contributed by atoms with van der Waals surface area (Å²) in [5.41, 5.74) is 1.34. The van der Waals surface area contributed by atoms with Gasteiger partial charge in [-0.1, -0.05) is 6.07 Å². The standard InChI is InChI=1S/C12H15N3O2/c1-8(16)6-13-12(17)9-3-4-10-7-15(2)14-11(10)5-9/h3-5,7-8,16H,6H2,1-2H3,(H,13,17). The van der Waals surface area contributed by atoms with Crippen LogP contribution in [0.2, 0.25) is 0 Å². The Morgan fingerprint density at radius 1 is 1.59 bits per heavy atom. The molecule has 0 saturated carbocycles. The topological polar surface area (TPSA) is 67.2 Å². The summed E-state index contributed by atoms with van der Waals surface area (Å²) in [5, 5.41) is 17.0. The number of nitrogens with one attached hydrogen (secondary N) is 1. The van der Waals surface area contributed by atoms with Gasteiger partial charge < -0.3 is 10.4 Å². The number of carbonyl (C=O) groups excluding carboxylic acids is 1. The molecule has 1 heterocycles. The lowest BCUT2D eigenvalue weighted by atomic mass is 10.1. The van der Waals surface area contributed by atoms with Crippen LogP contribution < -0.4 is 5.32 Å². The first-order valence-electron chi connectivity index (χ1n) is 5.46. The van der Waals surface area contributed by atoms with Crippen molar-refractivity contribution in [3.05, 3.63) is 30.0 Å². The molecule has 0 bridgehead atoms. The third kappa shape index (κ3) is 2.62. The van der Waals surface area contributed by atoms with Gasteiger partial charge in [-0.15, -0.1) is 0 Å². The molecule has 5 nitrogen and oxygen atoms in total. The maximum absolute atomic E-state index is 11.7. The van der Waals surface area contributed by atoms with E-state index in [2.05, 4.69) is 10.4 Å². The molecule has 2 N–H and O–H groups in total. The minimum atomic E-state index is -0.544. The van der Waals surface area contributed by atoms with E-state index in [0.29, 0.717) is 5.56 Å². The Morgan fingerprint density at radius 2 is 2.35 bits per heavy atom. The van der Waals surface area contributed by atoms with E-state index in [-0.39, 0.29) is 12.5 Å². The van der Waals surface area contributed by atoms with Crippen LogP contribution in [0.5, 0.6) is 0 Å². The Labute approximate surface area is 99.1 Å². The van der Waals surface area contributed by atoms with Crippen molar-refractivity contribution in [2.45, 2.75) is 13.0 Å². The number of aliphatic hydroxyl groups excluding tert-OH is 1. The highest BCUT2D eigenvalue weighted by molar-refractivity contribution is 5.97. The van der Waals surface area contributed by atoms with Crippen molar-refractivity contribution in [1.29, 1.82) is 0 Å². The molecule has 0 aliphatic rings. The van der Waals surface area contributed by atoms with Crippen LogP contribution in [-0.2, 0) is 7.05 Å². The van der Waals surface area contributed by atoms with Crippen LogP contribution in [0, 0.1) is 0 Å².